The Morgan fingerprint density at radius 3 is 2.68 bits per heavy atom. The average Bonchev–Trinajstić information content (AvgIpc) is 2.91. The Morgan fingerprint density at radius 1 is 1.05 bits per heavy atom. The first-order valence-electron chi connectivity index (χ1n) is 13.0. The molecule has 4 aromatic rings. The number of fused-ring (bicyclic) bond motifs is 1. The molecule has 0 aliphatic carbocycles. The average molecular weight is 512 g/mol. The van der Waals surface area contributed by atoms with Gasteiger partial charge in [-0.15, -0.1) is 0 Å². The summed E-state index contributed by atoms with van der Waals surface area (Å²) in [7, 11) is 0. The van der Waals surface area contributed by atoms with Crippen molar-refractivity contribution in [1.82, 2.24) is 20.3 Å². The Bertz CT molecular complexity index is 1400. The number of piperidine rings is 1. The highest BCUT2D eigenvalue weighted by molar-refractivity contribution is 5.94. The molecule has 8 nitrogen and oxygen atoms in total. The van der Waals surface area contributed by atoms with Gasteiger partial charge in [-0.25, -0.2) is 9.78 Å². The number of carbonyl (C=O) groups excluding carboxylic acids is 1. The fraction of sp³-hybridized carbons (Fsp3) is 0.333. The van der Waals surface area contributed by atoms with Gasteiger partial charge in [0.25, 0.3) is 0 Å². The van der Waals surface area contributed by atoms with Crippen LogP contribution < -0.4 is 15.0 Å². The molecular weight excluding hydrogens is 478 g/mol. The van der Waals surface area contributed by atoms with E-state index in [0.717, 1.165) is 47.1 Å². The second-order valence-electron chi connectivity index (χ2n) is 10.5. The molecule has 38 heavy (non-hydrogen) atoms. The molecule has 5 rings (SSSR count). The fourth-order valence-corrected chi connectivity index (χ4v) is 4.63. The van der Waals surface area contributed by atoms with E-state index in [0.29, 0.717) is 24.9 Å². The van der Waals surface area contributed by atoms with E-state index < -0.39 is 5.60 Å². The first-order valence-corrected chi connectivity index (χ1v) is 13.0. The van der Waals surface area contributed by atoms with Crippen molar-refractivity contribution in [2.75, 3.05) is 18.0 Å². The number of nitrogens with zero attached hydrogens (tertiary/aromatic N) is 4. The Morgan fingerprint density at radius 2 is 1.87 bits per heavy atom. The van der Waals surface area contributed by atoms with Gasteiger partial charge in [0.2, 0.25) is 5.88 Å². The molecular formula is C30H33N5O3. The number of pyridine rings is 1. The number of aromatic nitrogens is 3. The summed E-state index contributed by atoms with van der Waals surface area (Å²) in [6, 6.07) is 19.9. The standard InChI is InChI=1S/C30H33N5O3/c1-30(2,3)38-29(36)33-23-10-7-17-35(19-23)26-13-15-31-25-12-11-22(18-24(25)26)28-32-16-14-27(34-28)37-20-21-8-5-4-6-9-21/h4-6,8-9,11-16,18,23H,7,10,17,19-20H2,1-3H3,(H,33,36)/t23-/m0/s1. The zero-order valence-corrected chi connectivity index (χ0v) is 22.1. The highest BCUT2D eigenvalue weighted by Gasteiger charge is 2.25. The molecule has 1 saturated heterocycles. The van der Waals surface area contributed by atoms with Gasteiger partial charge in [0.15, 0.2) is 5.82 Å². The first kappa shape index (κ1) is 25.4. The second kappa shape index (κ2) is 11.0. The van der Waals surface area contributed by atoms with E-state index in [1.165, 1.54) is 0 Å². The lowest BCUT2D eigenvalue weighted by atomic mass is 10.0. The quantitative estimate of drug-likeness (QED) is 0.352. The van der Waals surface area contributed by atoms with Crippen molar-refractivity contribution in [2.24, 2.45) is 0 Å². The zero-order valence-electron chi connectivity index (χ0n) is 22.1. The molecule has 0 bridgehead atoms. The number of rotatable bonds is 6. The molecule has 1 atom stereocenters. The van der Waals surface area contributed by atoms with Gasteiger partial charge in [-0.3, -0.25) is 4.98 Å². The molecule has 1 aliphatic rings. The van der Waals surface area contributed by atoms with E-state index in [9.17, 15) is 4.79 Å². The smallest absolute Gasteiger partial charge is 0.407 e. The van der Waals surface area contributed by atoms with E-state index in [-0.39, 0.29) is 12.1 Å². The van der Waals surface area contributed by atoms with Crippen molar-refractivity contribution < 1.29 is 14.3 Å². The van der Waals surface area contributed by atoms with Crippen LogP contribution in [0.25, 0.3) is 22.3 Å². The summed E-state index contributed by atoms with van der Waals surface area (Å²) in [5.74, 6) is 1.12. The molecule has 2 aromatic carbocycles. The third-order valence-corrected chi connectivity index (χ3v) is 6.32. The summed E-state index contributed by atoms with van der Waals surface area (Å²) in [4.78, 5) is 28.4. The number of benzene rings is 2. The van der Waals surface area contributed by atoms with Crippen LogP contribution >= 0.6 is 0 Å². The van der Waals surface area contributed by atoms with Gasteiger partial charge < -0.3 is 19.7 Å². The normalized spacial score (nSPS) is 15.8. The third-order valence-electron chi connectivity index (χ3n) is 6.32. The monoisotopic (exact) mass is 511 g/mol. The van der Waals surface area contributed by atoms with Gasteiger partial charge in [0, 0.05) is 54.2 Å². The molecule has 0 saturated carbocycles. The van der Waals surface area contributed by atoms with E-state index >= 15 is 0 Å². The maximum atomic E-state index is 12.4. The molecule has 3 heterocycles. The van der Waals surface area contributed by atoms with Crippen LogP contribution in [0.4, 0.5) is 10.5 Å². The predicted molar refractivity (Wildman–Crippen MR) is 148 cm³/mol. The highest BCUT2D eigenvalue weighted by atomic mass is 16.6. The summed E-state index contributed by atoms with van der Waals surface area (Å²) < 4.78 is 11.4. The molecule has 0 unspecified atom stereocenters. The van der Waals surface area contributed by atoms with Crippen molar-refractivity contribution in [2.45, 2.75) is 51.9 Å². The van der Waals surface area contributed by atoms with Crippen LogP contribution in [0.2, 0.25) is 0 Å². The summed E-state index contributed by atoms with van der Waals surface area (Å²) in [6.07, 6.45) is 5.05. The molecule has 0 spiro atoms. The molecule has 8 heteroatoms. The first-order chi connectivity index (χ1) is 18.3. The van der Waals surface area contributed by atoms with Crippen LogP contribution in [-0.2, 0) is 11.3 Å². The van der Waals surface area contributed by atoms with Crippen LogP contribution in [0.3, 0.4) is 0 Å². The number of hydrogen-bond acceptors (Lipinski definition) is 7. The van der Waals surface area contributed by atoms with Gasteiger partial charge >= 0.3 is 6.09 Å². The summed E-state index contributed by atoms with van der Waals surface area (Å²) in [5.41, 5.74) is 3.41. The summed E-state index contributed by atoms with van der Waals surface area (Å²) in [6.45, 7) is 7.65. The van der Waals surface area contributed by atoms with Gasteiger partial charge in [-0.05, 0) is 63.4 Å². The van der Waals surface area contributed by atoms with Crippen molar-refractivity contribution >= 4 is 22.7 Å². The predicted octanol–water partition coefficient (Wildman–Crippen LogP) is 5.76. The minimum Gasteiger partial charge on any atom is -0.473 e. The highest BCUT2D eigenvalue weighted by Crippen LogP contribution is 2.31. The van der Waals surface area contributed by atoms with E-state index in [1.54, 1.807) is 12.3 Å². The number of nitrogens with one attached hydrogen (secondary N) is 1. The lowest BCUT2D eigenvalue weighted by molar-refractivity contribution is 0.0500. The third kappa shape index (κ3) is 6.37. The SMILES string of the molecule is CC(C)(C)OC(=O)N[C@H]1CCCN(c2ccnc3ccc(-c4nccc(OCc5ccccc5)n4)cc23)C1. The molecule has 1 aliphatic heterocycles. The number of amides is 1. The van der Waals surface area contributed by atoms with Crippen molar-refractivity contribution in [3.8, 4) is 17.3 Å². The minimum absolute atomic E-state index is 0.00627. The van der Waals surface area contributed by atoms with Crippen LogP contribution in [-0.4, -0.2) is 45.8 Å². The van der Waals surface area contributed by atoms with Crippen molar-refractivity contribution in [3.05, 3.63) is 78.6 Å². The number of hydrogen-bond donors (Lipinski definition) is 1. The lowest BCUT2D eigenvalue weighted by Crippen LogP contribution is -2.49. The number of carbonyl (C=O) groups is 1. The molecule has 196 valence electrons. The van der Waals surface area contributed by atoms with Crippen LogP contribution in [0.5, 0.6) is 5.88 Å². The second-order valence-corrected chi connectivity index (χ2v) is 10.5. The number of ether oxygens (including phenoxy) is 2. The van der Waals surface area contributed by atoms with Crippen LogP contribution in [0, 0.1) is 0 Å². The van der Waals surface area contributed by atoms with E-state index in [2.05, 4.69) is 31.2 Å². The number of alkyl carbamates (subject to hydrolysis) is 1. The van der Waals surface area contributed by atoms with Gasteiger partial charge in [0.05, 0.1) is 5.52 Å². The summed E-state index contributed by atoms with van der Waals surface area (Å²) >= 11 is 0. The van der Waals surface area contributed by atoms with Crippen LogP contribution in [0.15, 0.2) is 73.1 Å². The maximum Gasteiger partial charge on any atom is 0.407 e. The fourth-order valence-electron chi connectivity index (χ4n) is 4.63. The molecule has 1 N–H and O–H groups in total. The summed E-state index contributed by atoms with van der Waals surface area (Å²) in [5, 5.41) is 4.05. The lowest BCUT2D eigenvalue weighted by Gasteiger charge is -2.35. The van der Waals surface area contributed by atoms with Crippen molar-refractivity contribution in [3.63, 3.8) is 0 Å². The van der Waals surface area contributed by atoms with Gasteiger partial charge in [-0.1, -0.05) is 30.3 Å². The van der Waals surface area contributed by atoms with Gasteiger partial charge in [0.1, 0.15) is 12.2 Å². The Labute approximate surface area is 223 Å². The number of anilines is 1. The Kier molecular flexibility index (Phi) is 7.40. The largest absolute Gasteiger partial charge is 0.473 e. The maximum absolute atomic E-state index is 12.4. The minimum atomic E-state index is -0.526. The Hall–Kier alpha value is -4.20. The van der Waals surface area contributed by atoms with E-state index in [1.807, 2.05) is 75.5 Å². The Balaban J connectivity index is 1.35. The molecule has 1 amide bonds. The molecule has 2 aromatic heterocycles. The topological polar surface area (TPSA) is 89.5 Å². The van der Waals surface area contributed by atoms with Crippen molar-refractivity contribution in [1.29, 1.82) is 0 Å². The van der Waals surface area contributed by atoms with Crippen LogP contribution in [0.1, 0.15) is 39.2 Å². The molecule has 0 radical (unpaired) electrons. The zero-order chi connectivity index (χ0) is 26.5. The molecule has 1 fully saturated rings. The van der Waals surface area contributed by atoms with E-state index in [4.69, 9.17) is 9.47 Å². The van der Waals surface area contributed by atoms with Gasteiger partial charge in [-0.2, -0.15) is 4.98 Å².